The minimum atomic E-state index is -1.02. The lowest BCUT2D eigenvalue weighted by Gasteiger charge is -2.24. The fraction of sp³-hybridized carbons (Fsp3) is 0.333. The predicted octanol–water partition coefficient (Wildman–Crippen LogP) is 1.62. The van der Waals surface area contributed by atoms with E-state index in [0.717, 1.165) is 0 Å². The van der Waals surface area contributed by atoms with Gasteiger partial charge in [-0.15, -0.1) is 0 Å². The van der Waals surface area contributed by atoms with Gasteiger partial charge in [-0.05, 0) is 30.5 Å². The van der Waals surface area contributed by atoms with Gasteiger partial charge in [0.2, 0.25) is 11.9 Å². The molecule has 1 saturated heterocycles. The van der Waals surface area contributed by atoms with Gasteiger partial charge in [-0.2, -0.15) is 10.2 Å². The zero-order valence-corrected chi connectivity index (χ0v) is 15.0. The highest BCUT2D eigenvalue weighted by molar-refractivity contribution is 6.01. The molecule has 138 valence electrons. The summed E-state index contributed by atoms with van der Waals surface area (Å²) < 4.78 is 0. The first-order valence-electron chi connectivity index (χ1n) is 8.46. The number of hydrogen-bond acceptors (Lipinski definition) is 7. The van der Waals surface area contributed by atoms with Gasteiger partial charge in [0, 0.05) is 12.7 Å². The summed E-state index contributed by atoms with van der Waals surface area (Å²) in [7, 11) is 0. The fourth-order valence-electron chi connectivity index (χ4n) is 3.03. The number of amides is 2. The molecule has 1 atom stereocenters. The summed E-state index contributed by atoms with van der Waals surface area (Å²) >= 11 is 0. The van der Waals surface area contributed by atoms with Crippen LogP contribution < -0.4 is 16.0 Å². The zero-order chi connectivity index (χ0) is 19.6. The first-order valence-corrected chi connectivity index (χ1v) is 8.46. The number of nitrogens with one attached hydrogen (secondary N) is 1. The summed E-state index contributed by atoms with van der Waals surface area (Å²) in [6, 6.07) is 6.95. The highest BCUT2D eigenvalue weighted by Crippen LogP contribution is 2.40. The van der Waals surface area contributed by atoms with E-state index in [4.69, 9.17) is 5.73 Å². The topological polar surface area (TPSA) is 138 Å². The number of carbonyl (C=O) groups excluding carboxylic acids is 2. The number of nitrogens with two attached hydrogens (primary N) is 1. The van der Waals surface area contributed by atoms with Crippen LogP contribution in [0.15, 0.2) is 30.6 Å². The number of primary amides is 1. The molecule has 0 radical (unpaired) electrons. The number of nitrogens with zero attached hydrogens (tertiary/aromatic N) is 5. The van der Waals surface area contributed by atoms with Crippen molar-refractivity contribution in [2.24, 2.45) is 17.1 Å². The summed E-state index contributed by atoms with van der Waals surface area (Å²) in [6.45, 7) is 4.18. The normalized spacial score (nSPS) is 19.2. The van der Waals surface area contributed by atoms with Crippen LogP contribution >= 0.6 is 0 Å². The maximum Gasteiger partial charge on any atom is 0.267 e. The lowest BCUT2D eigenvalue weighted by atomic mass is 9.77. The molecule has 2 amide bonds. The maximum atomic E-state index is 12.8. The first-order chi connectivity index (χ1) is 12.9. The lowest BCUT2D eigenvalue weighted by molar-refractivity contribution is -0.124. The van der Waals surface area contributed by atoms with Gasteiger partial charge in [0.15, 0.2) is 0 Å². The molecule has 3 heterocycles. The van der Waals surface area contributed by atoms with Crippen molar-refractivity contribution in [3.05, 3.63) is 36.3 Å². The number of aromatic nitrogens is 3. The van der Waals surface area contributed by atoms with Crippen molar-refractivity contribution in [1.29, 1.82) is 5.26 Å². The molecule has 27 heavy (non-hydrogen) atoms. The molecule has 0 spiro atoms. The van der Waals surface area contributed by atoms with Gasteiger partial charge in [-0.1, -0.05) is 13.8 Å². The lowest BCUT2D eigenvalue weighted by Crippen LogP contribution is -2.37. The van der Waals surface area contributed by atoms with E-state index in [2.05, 4.69) is 26.3 Å². The number of carbonyl (C=O) groups is 2. The van der Waals surface area contributed by atoms with Gasteiger partial charge in [-0.3, -0.25) is 14.5 Å². The van der Waals surface area contributed by atoms with Crippen molar-refractivity contribution in [2.45, 2.75) is 20.3 Å². The van der Waals surface area contributed by atoms with Crippen molar-refractivity contribution in [2.75, 3.05) is 16.8 Å². The molecule has 1 aliphatic heterocycles. The van der Waals surface area contributed by atoms with Crippen molar-refractivity contribution in [3.8, 4) is 6.07 Å². The van der Waals surface area contributed by atoms with Crippen molar-refractivity contribution in [3.63, 3.8) is 0 Å². The summed E-state index contributed by atoms with van der Waals surface area (Å²) in [6.07, 6.45) is 3.44. The number of nitriles is 1. The van der Waals surface area contributed by atoms with Gasteiger partial charge in [0.25, 0.3) is 5.91 Å². The fourth-order valence-corrected chi connectivity index (χ4v) is 3.03. The minimum absolute atomic E-state index is 0.0886. The van der Waals surface area contributed by atoms with E-state index in [1.54, 1.807) is 12.1 Å². The standard InChI is InChI=1S/C18H19N7O2/c1-11(2)18(10-19)6-8-25(16(18)27)14-5-7-21-17(24-14)23-12-3-4-13(15(20)26)22-9-12/h3-5,7,9,11H,6,8H2,1-2H3,(H2,20,26)(H,21,23,24)/t18-/m1/s1. The molecule has 9 nitrogen and oxygen atoms in total. The number of rotatable bonds is 5. The number of pyridine rings is 1. The molecule has 1 aliphatic rings. The van der Waals surface area contributed by atoms with E-state index >= 15 is 0 Å². The molecular formula is C18H19N7O2. The van der Waals surface area contributed by atoms with Crippen LogP contribution in [-0.2, 0) is 4.79 Å². The second-order valence-corrected chi connectivity index (χ2v) is 6.60. The second-order valence-electron chi connectivity index (χ2n) is 6.60. The van der Waals surface area contributed by atoms with Crippen LogP contribution in [0.3, 0.4) is 0 Å². The molecule has 2 aromatic rings. The van der Waals surface area contributed by atoms with E-state index < -0.39 is 11.3 Å². The Hall–Kier alpha value is -3.54. The van der Waals surface area contributed by atoms with Gasteiger partial charge >= 0.3 is 0 Å². The summed E-state index contributed by atoms with van der Waals surface area (Å²) in [5.41, 5.74) is 4.87. The average molecular weight is 365 g/mol. The molecule has 0 aromatic carbocycles. The van der Waals surface area contributed by atoms with Gasteiger partial charge in [0.1, 0.15) is 16.9 Å². The third-order valence-electron chi connectivity index (χ3n) is 4.73. The first kappa shape index (κ1) is 18.3. The number of hydrogen-bond donors (Lipinski definition) is 2. The Morgan fingerprint density at radius 1 is 1.37 bits per heavy atom. The van der Waals surface area contributed by atoms with Crippen LogP contribution in [0.2, 0.25) is 0 Å². The molecule has 3 rings (SSSR count). The molecule has 0 bridgehead atoms. The highest BCUT2D eigenvalue weighted by atomic mass is 16.2. The van der Waals surface area contributed by atoms with Crippen molar-refractivity contribution in [1.82, 2.24) is 15.0 Å². The molecule has 9 heteroatoms. The molecule has 1 fully saturated rings. The van der Waals surface area contributed by atoms with Crippen LogP contribution in [0.5, 0.6) is 0 Å². The van der Waals surface area contributed by atoms with Crippen molar-refractivity contribution < 1.29 is 9.59 Å². The molecule has 3 N–H and O–H groups in total. The Kier molecular flexibility index (Phi) is 4.73. The quantitative estimate of drug-likeness (QED) is 0.821. The Balaban J connectivity index is 1.81. The van der Waals surface area contributed by atoms with Crippen LogP contribution in [0, 0.1) is 22.7 Å². The Morgan fingerprint density at radius 3 is 2.70 bits per heavy atom. The zero-order valence-electron chi connectivity index (χ0n) is 15.0. The maximum absolute atomic E-state index is 12.8. The smallest absolute Gasteiger partial charge is 0.267 e. The summed E-state index contributed by atoms with van der Waals surface area (Å²) in [5, 5.41) is 12.5. The molecule has 0 saturated carbocycles. The minimum Gasteiger partial charge on any atom is -0.364 e. The van der Waals surface area contributed by atoms with E-state index in [1.165, 1.54) is 23.4 Å². The second kappa shape index (κ2) is 6.99. The third kappa shape index (κ3) is 3.29. The van der Waals surface area contributed by atoms with E-state index in [1.807, 2.05) is 13.8 Å². The van der Waals surface area contributed by atoms with E-state index in [0.29, 0.717) is 24.5 Å². The van der Waals surface area contributed by atoms with Crippen molar-refractivity contribution >= 4 is 29.3 Å². The van der Waals surface area contributed by atoms with Crippen LogP contribution in [0.25, 0.3) is 0 Å². The van der Waals surface area contributed by atoms with Crippen LogP contribution in [0.4, 0.5) is 17.5 Å². The Bertz CT molecular complexity index is 920. The predicted molar refractivity (Wildman–Crippen MR) is 97.9 cm³/mol. The Morgan fingerprint density at radius 2 is 2.15 bits per heavy atom. The van der Waals surface area contributed by atoms with Gasteiger partial charge in [0.05, 0.1) is 18.0 Å². The van der Waals surface area contributed by atoms with E-state index in [-0.39, 0.29) is 23.5 Å². The highest BCUT2D eigenvalue weighted by Gasteiger charge is 2.50. The molecular weight excluding hydrogens is 346 g/mol. The molecule has 2 aromatic heterocycles. The van der Waals surface area contributed by atoms with Crippen LogP contribution in [0.1, 0.15) is 30.8 Å². The molecule has 0 unspecified atom stereocenters. The van der Waals surface area contributed by atoms with Gasteiger partial charge < -0.3 is 11.1 Å². The van der Waals surface area contributed by atoms with Crippen LogP contribution in [-0.4, -0.2) is 33.3 Å². The Labute approximate surface area is 156 Å². The SMILES string of the molecule is CC(C)[C@]1(C#N)CCN(c2ccnc(Nc3ccc(C(N)=O)nc3)n2)C1=O. The number of anilines is 3. The monoisotopic (exact) mass is 365 g/mol. The average Bonchev–Trinajstić information content (AvgIpc) is 3.00. The largest absolute Gasteiger partial charge is 0.364 e. The third-order valence-corrected chi connectivity index (χ3v) is 4.73. The van der Waals surface area contributed by atoms with Gasteiger partial charge in [-0.25, -0.2) is 9.97 Å². The summed E-state index contributed by atoms with van der Waals surface area (Å²) in [4.78, 5) is 37.9. The summed E-state index contributed by atoms with van der Waals surface area (Å²) in [5.74, 6) is -0.241. The van der Waals surface area contributed by atoms with E-state index in [9.17, 15) is 14.9 Å². The molecule has 0 aliphatic carbocycles.